The monoisotopic (exact) mass is 436 g/mol. The number of halogens is 1. The highest BCUT2D eigenvalue weighted by Crippen LogP contribution is 2.32. The fourth-order valence-electron chi connectivity index (χ4n) is 2.95. The minimum absolute atomic E-state index is 0.632. The van der Waals surface area contributed by atoms with E-state index in [-0.39, 0.29) is 0 Å². The van der Waals surface area contributed by atoms with E-state index in [0.717, 1.165) is 32.6 Å². The maximum Gasteiger partial charge on any atom is 0.161 e. The molecule has 6 nitrogen and oxygen atoms in total. The second-order valence-electron chi connectivity index (χ2n) is 6.01. The van der Waals surface area contributed by atoms with Crippen molar-refractivity contribution in [3.05, 3.63) is 82.1 Å². The Bertz CT molecular complexity index is 1080. The highest BCUT2D eigenvalue weighted by molar-refractivity contribution is 9.10. The van der Waals surface area contributed by atoms with E-state index in [1.807, 2.05) is 48.5 Å². The van der Waals surface area contributed by atoms with Gasteiger partial charge in [-0.3, -0.25) is 10.4 Å². The first-order valence-corrected chi connectivity index (χ1v) is 9.34. The number of pyridine rings is 1. The van der Waals surface area contributed by atoms with Gasteiger partial charge in [0, 0.05) is 33.6 Å². The standard InChI is InChI=1S/C21H17BrN4O2/c1-27-18-8-5-13(10-19(18)28-2)20-16-11-15(22)6-7-17(16)24-21(26-25-20)14-4-3-9-23-12-14/h3-12H,1-2H3,(H,24,26). The van der Waals surface area contributed by atoms with Crippen LogP contribution in [0.15, 0.2) is 75.5 Å². The molecule has 1 aliphatic heterocycles. The summed E-state index contributed by atoms with van der Waals surface area (Å²) in [6.07, 6.45) is 3.48. The van der Waals surface area contributed by atoms with Crippen molar-refractivity contribution in [3.63, 3.8) is 0 Å². The molecule has 140 valence electrons. The molecule has 0 unspecified atom stereocenters. The maximum atomic E-state index is 5.45. The fraction of sp³-hybridized carbons (Fsp3) is 0.0952. The summed E-state index contributed by atoms with van der Waals surface area (Å²) in [4.78, 5) is 8.95. The summed E-state index contributed by atoms with van der Waals surface area (Å²) >= 11 is 3.55. The second kappa shape index (κ2) is 7.82. The van der Waals surface area contributed by atoms with Crippen LogP contribution in [0.5, 0.6) is 11.5 Å². The van der Waals surface area contributed by atoms with Gasteiger partial charge >= 0.3 is 0 Å². The van der Waals surface area contributed by atoms with Crippen LogP contribution in [0.25, 0.3) is 0 Å². The van der Waals surface area contributed by atoms with Gasteiger partial charge in [0.15, 0.2) is 17.3 Å². The van der Waals surface area contributed by atoms with Gasteiger partial charge in [0.2, 0.25) is 0 Å². The van der Waals surface area contributed by atoms with Crippen LogP contribution < -0.4 is 14.9 Å². The van der Waals surface area contributed by atoms with E-state index in [9.17, 15) is 0 Å². The smallest absolute Gasteiger partial charge is 0.161 e. The van der Waals surface area contributed by atoms with Gasteiger partial charge in [0.1, 0.15) is 5.71 Å². The molecule has 0 aliphatic carbocycles. The molecule has 0 bridgehead atoms. The molecule has 0 spiro atoms. The topological polar surface area (TPSA) is 68.1 Å². The average molecular weight is 437 g/mol. The van der Waals surface area contributed by atoms with Crippen molar-refractivity contribution >= 4 is 33.2 Å². The highest BCUT2D eigenvalue weighted by atomic mass is 79.9. The third kappa shape index (κ3) is 3.48. The lowest BCUT2D eigenvalue weighted by atomic mass is 10.0. The van der Waals surface area contributed by atoms with E-state index in [0.29, 0.717) is 17.3 Å². The number of fused-ring (bicyclic) bond motifs is 1. The van der Waals surface area contributed by atoms with E-state index >= 15 is 0 Å². The second-order valence-corrected chi connectivity index (χ2v) is 6.92. The van der Waals surface area contributed by atoms with Crippen molar-refractivity contribution in [1.29, 1.82) is 0 Å². The molecule has 28 heavy (non-hydrogen) atoms. The molecule has 0 fully saturated rings. The Morgan fingerprint density at radius 3 is 2.54 bits per heavy atom. The number of nitrogens with zero attached hydrogens (tertiary/aromatic N) is 3. The first-order chi connectivity index (χ1) is 13.7. The van der Waals surface area contributed by atoms with Crippen molar-refractivity contribution < 1.29 is 9.47 Å². The predicted molar refractivity (Wildman–Crippen MR) is 113 cm³/mol. The number of rotatable bonds is 4. The van der Waals surface area contributed by atoms with Gasteiger partial charge in [-0.2, -0.15) is 5.10 Å². The molecule has 0 saturated carbocycles. The fourth-order valence-corrected chi connectivity index (χ4v) is 3.31. The quantitative estimate of drug-likeness (QED) is 0.661. The molecule has 0 radical (unpaired) electrons. The predicted octanol–water partition coefficient (Wildman–Crippen LogP) is 4.30. The Morgan fingerprint density at radius 1 is 0.929 bits per heavy atom. The Kier molecular flexibility index (Phi) is 5.08. The minimum atomic E-state index is 0.632. The SMILES string of the molecule is COc1ccc(C2=NNC(c3cccnc3)=Nc3ccc(Br)cc32)cc1OC. The van der Waals surface area contributed by atoms with E-state index < -0.39 is 0 Å². The number of nitrogens with one attached hydrogen (secondary N) is 1. The molecular weight excluding hydrogens is 420 g/mol. The van der Waals surface area contributed by atoms with Gasteiger partial charge in [-0.05, 0) is 48.5 Å². The van der Waals surface area contributed by atoms with Crippen LogP contribution in [0.4, 0.5) is 5.69 Å². The Hall–Kier alpha value is -3.19. The Labute approximate surface area is 171 Å². The van der Waals surface area contributed by atoms with Gasteiger partial charge in [-0.25, -0.2) is 4.99 Å². The van der Waals surface area contributed by atoms with Crippen LogP contribution in [0, 0.1) is 0 Å². The first-order valence-electron chi connectivity index (χ1n) is 8.54. The number of hydrogen-bond acceptors (Lipinski definition) is 6. The van der Waals surface area contributed by atoms with E-state index in [4.69, 9.17) is 14.5 Å². The molecule has 3 aromatic rings. The first kappa shape index (κ1) is 18.2. The van der Waals surface area contributed by atoms with Gasteiger partial charge in [0.05, 0.1) is 19.9 Å². The molecule has 0 amide bonds. The van der Waals surface area contributed by atoms with E-state index in [1.165, 1.54) is 0 Å². The van der Waals surface area contributed by atoms with Crippen molar-refractivity contribution in [3.8, 4) is 11.5 Å². The zero-order valence-corrected chi connectivity index (χ0v) is 16.9. The summed E-state index contributed by atoms with van der Waals surface area (Å²) in [6, 6.07) is 15.4. The largest absolute Gasteiger partial charge is 0.493 e. The molecule has 7 heteroatoms. The lowest BCUT2D eigenvalue weighted by Gasteiger charge is -2.12. The molecular formula is C21H17BrN4O2. The number of hydrogen-bond donors (Lipinski definition) is 1. The Morgan fingerprint density at radius 2 is 1.79 bits per heavy atom. The molecule has 1 aromatic heterocycles. The van der Waals surface area contributed by atoms with Crippen molar-refractivity contribution in [2.24, 2.45) is 10.1 Å². The van der Waals surface area contributed by atoms with E-state index in [1.54, 1.807) is 26.6 Å². The zero-order valence-electron chi connectivity index (χ0n) is 15.3. The summed E-state index contributed by atoms with van der Waals surface area (Å²) < 4.78 is 11.7. The lowest BCUT2D eigenvalue weighted by molar-refractivity contribution is 0.355. The zero-order chi connectivity index (χ0) is 19.5. The van der Waals surface area contributed by atoms with Crippen LogP contribution in [-0.2, 0) is 0 Å². The molecule has 0 atom stereocenters. The summed E-state index contributed by atoms with van der Waals surface area (Å²) in [7, 11) is 3.23. The normalized spacial score (nSPS) is 12.8. The summed E-state index contributed by atoms with van der Waals surface area (Å²) in [5.41, 5.74) is 7.28. The minimum Gasteiger partial charge on any atom is -0.493 e. The summed E-state index contributed by atoms with van der Waals surface area (Å²) in [6.45, 7) is 0. The van der Waals surface area contributed by atoms with Crippen LogP contribution >= 0.6 is 15.9 Å². The van der Waals surface area contributed by atoms with Gasteiger partial charge in [-0.1, -0.05) is 15.9 Å². The average Bonchev–Trinajstić information content (AvgIpc) is 2.93. The number of benzene rings is 2. The number of ether oxygens (including phenoxy) is 2. The number of amidine groups is 1. The van der Waals surface area contributed by atoms with E-state index in [2.05, 4.69) is 31.4 Å². The molecule has 1 aliphatic rings. The van der Waals surface area contributed by atoms with Crippen LogP contribution in [0.2, 0.25) is 0 Å². The molecule has 0 saturated heterocycles. The van der Waals surface area contributed by atoms with Crippen LogP contribution in [0.1, 0.15) is 16.7 Å². The number of aliphatic imine (C=N–C) groups is 1. The third-order valence-corrected chi connectivity index (χ3v) is 4.80. The maximum absolute atomic E-state index is 5.45. The third-order valence-electron chi connectivity index (χ3n) is 4.31. The number of methoxy groups -OCH3 is 2. The van der Waals surface area contributed by atoms with Crippen LogP contribution in [-0.4, -0.2) is 30.8 Å². The number of hydrazone groups is 1. The van der Waals surface area contributed by atoms with Crippen LogP contribution in [0.3, 0.4) is 0 Å². The van der Waals surface area contributed by atoms with Gasteiger partial charge in [0.25, 0.3) is 0 Å². The van der Waals surface area contributed by atoms with Crippen molar-refractivity contribution in [2.45, 2.75) is 0 Å². The van der Waals surface area contributed by atoms with Crippen molar-refractivity contribution in [1.82, 2.24) is 10.4 Å². The van der Waals surface area contributed by atoms with Crippen molar-refractivity contribution in [2.75, 3.05) is 14.2 Å². The Balaban J connectivity index is 1.86. The summed E-state index contributed by atoms with van der Waals surface area (Å²) in [5, 5.41) is 4.66. The highest BCUT2D eigenvalue weighted by Gasteiger charge is 2.19. The van der Waals surface area contributed by atoms with Gasteiger partial charge in [-0.15, -0.1) is 0 Å². The molecule has 4 rings (SSSR count). The number of aromatic nitrogens is 1. The lowest BCUT2D eigenvalue weighted by Crippen LogP contribution is -2.19. The van der Waals surface area contributed by atoms with Gasteiger partial charge < -0.3 is 9.47 Å². The molecule has 2 aromatic carbocycles. The molecule has 2 heterocycles. The summed E-state index contributed by atoms with van der Waals surface area (Å²) in [5.74, 6) is 1.93. The molecule has 1 N–H and O–H groups in total.